The fourth-order valence-electron chi connectivity index (χ4n) is 1.42. The summed E-state index contributed by atoms with van der Waals surface area (Å²) in [7, 11) is 0. The Morgan fingerprint density at radius 3 is 3.07 bits per heavy atom. The first kappa shape index (κ1) is 10.1. The molecule has 1 saturated heterocycles. The Morgan fingerprint density at radius 2 is 2.47 bits per heavy atom. The number of aromatic nitrogens is 2. The van der Waals surface area contributed by atoms with E-state index in [0.29, 0.717) is 37.7 Å². The molecule has 0 aliphatic carbocycles. The van der Waals surface area contributed by atoms with Crippen LogP contribution in [0.15, 0.2) is 4.52 Å². The van der Waals surface area contributed by atoms with Crippen LogP contribution in [0.5, 0.6) is 0 Å². The van der Waals surface area contributed by atoms with Gasteiger partial charge >= 0.3 is 0 Å². The highest BCUT2D eigenvalue weighted by Gasteiger charge is 2.19. The van der Waals surface area contributed by atoms with Crippen molar-refractivity contribution < 1.29 is 14.2 Å². The van der Waals surface area contributed by atoms with Crippen LogP contribution in [-0.2, 0) is 16.1 Å². The molecule has 0 saturated carbocycles. The number of hydrogen-bond acceptors (Lipinski definition) is 5. The van der Waals surface area contributed by atoms with Crippen LogP contribution in [0.25, 0.3) is 0 Å². The Kier molecular flexibility index (Phi) is 2.96. The van der Waals surface area contributed by atoms with E-state index in [9.17, 15) is 4.79 Å². The Hall–Kier alpha value is -1.43. The molecule has 82 valence electrons. The van der Waals surface area contributed by atoms with Crippen molar-refractivity contribution in [3.8, 4) is 0 Å². The van der Waals surface area contributed by atoms with E-state index in [1.54, 1.807) is 6.92 Å². The summed E-state index contributed by atoms with van der Waals surface area (Å²) in [6.45, 7) is 3.06. The molecule has 1 aliphatic heterocycles. The van der Waals surface area contributed by atoms with Crippen LogP contribution in [0.2, 0.25) is 0 Å². The van der Waals surface area contributed by atoms with Crippen LogP contribution in [0, 0.1) is 6.92 Å². The summed E-state index contributed by atoms with van der Waals surface area (Å²) in [4.78, 5) is 20.7. The van der Waals surface area contributed by atoms with E-state index in [2.05, 4.69) is 10.1 Å². The molecular formula is C9H13N3O3. The van der Waals surface area contributed by atoms with Gasteiger partial charge in [0.05, 0.1) is 13.2 Å². The lowest BCUT2D eigenvalue weighted by Crippen LogP contribution is -2.26. The Labute approximate surface area is 87.2 Å². The SMILES string of the molecule is Cc1noc(CCC(=O)N2CCCO2)n1. The maximum atomic E-state index is 11.5. The summed E-state index contributed by atoms with van der Waals surface area (Å²) in [5.74, 6) is 1.07. The molecular weight excluding hydrogens is 198 g/mol. The Morgan fingerprint density at radius 1 is 1.60 bits per heavy atom. The van der Waals surface area contributed by atoms with Crippen LogP contribution >= 0.6 is 0 Å². The topological polar surface area (TPSA) is 68.5 Å². The first-order valence-corrected chi connectivity index (χ1v) is 4.98. The predicted octanol–water partition coefficient (Wildman–Crippen LogP) is 0.475. The minimum atomic E-state index is -0.0247. The molecule has 6 nitrogen and oxygen atoms in total. The highest BCUT2D eigenvalue weighted by molar-refractivity contribution is 5.75. The van der Waals surface area contributed by atoms with E-state index in [-0.39, 0.29) is 5.91 Å². The number of carbonyl (C=O) groups excluding carboxylic acids is 1. The van der Waals surface area contributed by atoms with Gasteiger partial charge in [0.2, 0.25) is 11.8 Å². The normalized spacial score (nSPS) is 15.9. The van der Waals surface area contributed by atoms with Crippen molar-refractivity contribution in [1.82, 2.24) is 15.2 Å². The van der Waals surface area contributed by atoms with Gasteiger partial charge in [0.25, 0.3) is 0 Å². The molecule has 15 heavy (non-hydrogen) atoms. The van der Waals surface area contributed by atoms with Crippen molar-refractivity contribution in [3.63, 3.8) is 0 Å². The second-order valence-corrected chi connectivity index (χ2v) is 3.42. The second kappa shape index (κ2) is 4.39. The van der Waals surface area contributed by atoms with Crippen molar-refractivity contribution in [2.24, 2.45) is 0 Å². The van der Waals surface area contributed by atoms with E-state index in [1.807, 2.05) is 0 Å². The molecule has 2 rings (SSSR count). The Bertz CT molecular complexity index is 344. The predicted molar refractivity (Wildman–Crippen MR) is 49.6 cm³/mol. The quantitative estimate of drug-likeness (QED) is 0.727. The highest BCUT2D eigenvalue weighted by atomic mass is 16.7. The fourth-order valence-corrected chi connectivity index (χ4v) is 1.42. The lowest BCUT2D eigenvalue weighted by Gasteiger charge is -2.12. The summed E-state index contributed by atoms with van der Waals surface area (Å²) in [6.07, 6.45) is 1.73. The average Bonchev–Trinajstić information content (AvgIpc) is 2.84. The van der Waals surface area contributed by atoms with Crippen LogP contribution < -0.4 is 0 Å². The smallest absolute Gasteiger partial charge is 0.246 e. The van der Waals surface area contributed by atoms with E-state index in [0.717, 1.165) is 6.42 Å². The number of amides is 1. The van der Waals surface area contributed by atoms with Crippen molar-refractivity contribution in [3.05, 3.63) is 11.7 Å². The lowest BCUT2D eigenvalue weighted by molar-refractivity contribution is -0.168. The summed E-state index contributed by atoms with van der Waals surface area (Å²) in [5.41, 5.74) is 0. The zero-order valence-corrected chi connectivity index (χ0v) is 8.60. The largest absolute Gasteiger partial charge is 0.339 e. The molecule has 1 aliphatic rings. The van der Waals surface area contributed by atoms with Crippen LogP contribution in [-0.4, -0.2) is 34.3 Å². The molecule has 0 bridgehead atoms. The van der Waals surface area contributed by atoms with E-state index >= 15 is 0 Å². The van der Waals surface area contributed by atoms with E-state index < -0.39 is 0 Å². The molecule has 0 unspecified atom stereocenters. The number of carbonyl (C=O) groups is 1. The average molecular weight is 211 g/mol. The van der Waals surface area contributed by atoms with Crippen molar-refractivity contribution in [2.75, 3.05) is 13.2 Å². The van der Waals surface area contributed by atoms with Gasteiger partial charge in [0, 0.05) is 12.8 Å². The zero-order chi connectivity index (χ0) is 10.7. The van der Waals surface area contributed by atoms with E-state index in [4.69, 9.17) is 9.36 Å². The molecule has 1 aromatic heterocycles. The monoisotopic (exact) mass is 211 g/mol. The number of hydrogen-bond donors (Lipinski definition) is 0. The molecule has 1 aromatic rings. The van der Waals surface area contributed by atoms with Crippen molar-refractivity contribution >= 4 is 5.91 Å². The maximum absolute atomic E-state index is 11.5. The first-order chi connectivity index (χ1) is 7.25. The molecule has 1 amide bonds. The number of hydroxylamine groups is 2. The minimum Gasteiger partial charge on any atom is -0.339 e. The van der Waals surface area contributed by atoms with Crippen molar-refractivity contribution in [1.29, 1.82) is 0 Å². The molecule has 0 aromatic carbocycles. The van der Waals surface area contributed by atoms with Gasteiger partial charge in [-0.25, -0.2) is 5.06 Å². The van der Waals surface area contributed by atoms with Gasteiger partial charge in [-0.15, -0.1) is 0 Å². The summed E-state index contributed by atoms with van der Waals surface area (Å²) >= 11 is 0. The molecule has 0 atom stereocenters. The molecule has 2 heterocycles. The Balaban J connectivity index is 1.80. The van der Waals surface area contributed by atoms with Crippen LogP contribution in [0.4, 0.5) is 0 Å². The van der Waals surface area contributed by atoms with Gasteiger partial charge in [-0.05, 0) is 13.3 Å². The van der Waals surface area contributed by atoms with Gasteiger partial charge in [0.1, 0.15) is 0 Å². The fraction of sp³-hybridized carbons (Fsp3) is 0.667. The van der Waals surface area contributed by atoms with Crippen LogP contribution in [0.1, 0.15) is 24.6 Å². The third-order valence-electron chi connectivity index (χ3n) is 2.15. The van der Waals surface area contributed by atoms with Crippen molar-refractivity contribution in [2.45, 2.75) is 26.2 Å². The number of rotatable bonds is 3. The van der Waals surface area contributed by atoms with Gasteiger partial charge in [-0.2, -0.15) is 4.98 Å². The second-order valence-electron chi connectivity index (χ2n) is 3.42. The molecule has 1 fully saturated rings. The third kappa shape index (κ3) is 2.53. The third-order valence-corrected chi connectivity index (χ3v) is 2.15. The minimum absolute atomic E-state index is 0.0247. The van der Waals surface area contributed by atoms with E-state index in [1.165, 1.54) is 5.06 Å². The van der Waals surface area contributed by atoms with Gasteiger partial charge in [-0.1, -0.05) is 5.16 Å². The summed E-state index contributed by atoms with van der Waals surface area (Å²) < 4.78 is 4.90. The van der Waals surface area contributed by atoms with Gasteiger partial charge in [0.15, 0.2) is 5.82 Å². The molecule has 0 radical (unpaired) electrons. The van der Waals surface area contributed by atoms with Gasteiger partial charge in [-0.3, -0.25) is 9.63 Å². The maximum Gasteiger partial charge on any atom is 0.246 e. The van der Waals surface area contributed by atoms with Gasteiger partial charge < -0.3 is 4.52 Å². The molecule has 0 N–H and O–H groups in total. The van der Waals surface area contributed by atoms with Crippen LogP contribution in [0.3, 0.4) is 0 Å². The highest BCUT2D eigenvalue weighted by Crippen LogP contribution is 2.08. The molecule has 6 heteroatoms. The summed E-state index contributed by atoms with van der Waals surface area (Å²) in [5, 5.41) is 5.06. The number of nitrogens with zero attached hydrogens (tertiary/aromatic N) is 3. The lowest BCUT2D eigenvalue weighted by atomic mass is 10.3. The standard InChI is InChI=1S/C9H13N3O3/c1-7-10-8(15-11-7)3-4-9(13)12-5-2-6-14-12/h2-6H2,1H3. The number of aryl methyl sites for hydroxylation is 2. The first-order valence-electron chi connectivity index (χ1n) is 4.98. The summed E-state index contributed by atoms with van der Waals surface area (Å²) in [6, 6.07) is 0. The zero-order valence-electron chi connectivity index (χ0n) is 8.60. The molecule has 0 spiro atoms.